The van der Waals surface area contributed by atoms with E-state index >= 15 is 0 Å². The first kappa shape index (κ1) is 10.8. The van der Waals surface area contributed by atoms with Crippen LogP contribution in [0.3, 0.4) is 0 Å². The molecule has 0 unspecified atom stereocenters. The summed E-state index contributed by atoms with van der Waals surface area (Å²) in [4.78, 5) is 0. The normalized spacial score (nSPS) is 10.3. The molecule has 0 saturated heterocycles. The molecule has 70 valence electrons. The van der Waals surface area contributed by atoms with Gasteiger partial charge in [0.05, 0.1) is 0 Å². The summed E-state index contributed by atoms with van der Waals surface area (Å²) in [6.45, 7) is 2.23. The SMILES string of the molecule is CCCCCc1ccccc1[Si]Cl. The molecule has 13 heavy (non-hydrogen) atoms. The van der Waals surface area contributed by atoms with Gasteiger partial charge in [0, 0.05) is 0 Å². The van der Waals surface area contributed by atoms with E-state index < -0.39 is 0 Å². The smallest absolute Gasteiger partial charge is 0.165 e. The molecule has 0 aliphatic heterocycles. The first-order valence-electron chi connectivity index (χ1n) is 4.83. The lowest BCUT2D eigenvalue weighted by atomic mass is 10.1. The Balaban J connectivity index is 2.54. The summed E-state index contributed by atoms with van der Waals surface area (Å²) in [6.07, 6.45) is 5.07. The number of aryl methyl sites for hydroxylation is 1. The zero-order chi connectivity index (χ0) is 9.52. The second-order valence-corrected chi connectivity index (χ2v) is 4.50. The van der Waals surface area contributed by atoms with Crippen LogP contribution in [0.4, 0.5) is 0 Å². The standard InChI is InChI=1S/C11H15ClSi/c1-2-3-4-7-10-8-5-6-9-11(10)13-12/h5-6,8-9H,2-4,7H2,1H3. The Kier molecular flexibility index (Phi) is 5.17. The van der Waals surface area contributed by atoms with Gasteiger partial charge in [-0.25, -0.2) is 0 Å². The average Bonchev–Trinajstić information content (AvgIpc) is 2.19. The third kappa shape index (κ3) is 3.53. The van der Waals surface area contributed by atoms with Crippen molar-refractivity contribution < 1.29 is 0 Å². The molecule has 1 rings (SSSR count). The molecule has 2 radical (unpaired) electrons. The fraction of sp³-hybridized carbons (Fsp3) is 0.455. The molecule has 0 fully saturated rings. The molecule has 2 heteroatoms. The fourth-order valence-corrected chi connectivity index (χ4v) is 2.44. The maximum absolute atomic E-state index is 5.87. The third-order valence-electron chi connectivity index (χ3n) is 2.17. The van der Waals surface area contributed by atoms with Gasteiger partial charge in [-0.15, -0.1) is 0 Å². The maximum Gasteiger partial charge on any atom is 0.210 e. The molecule has 0 spiro atoms. The van der Waals surface area contributed by atoms with Crippen LogP contribution in [0, 0.1) is 0 Å². The van der Waals surface area contributed by atoms with E-state index in [-0.39, 0.29) is 0 Å². The lowest BCUT2D eigenvalue weighted by Gasteiger charge is -2.04. The van der Waals surface area contributed by atoms with Crippen molar-refractivity contribution >= 4 is 25.1 Å². The molecule has 0 nitrogen and oxygen atoms in total. The van der Waals surface area contributed by atoms with Crippen molar-refractivity contribution in [3.8, 4) is 0 Å². The molecule has 0 atom stereocenters. The zero-order valence-electron chi connectivity index (χ0n) is 8.02. The number of halogens is 1. The highest BCUT2D eigenvalue weighted by Crippen LogP contribution is 2.04. The molecule has 0 aliphatic carbocycles. The Hall–Kier alpha value is -0.273. The van der Waals surface area contributed by atoms with E-state index in [1.54, 1.807) is 0 Å². The number of hydrogen-bond acceptors (Lipinski definition) is 0. The molecular weight excluding hydrogens is 196 g/mol. The van der Waals surface area contributed by atoms with Crippen LogP contribution < -0.4 is 5.19 Å². The van der Waals surface area contributed by atoms with Gasteiger partial charge in [-0.3, -0.25) is 0 Å². The predicted molar refractivity (Wildman–Crippen MR) is 60.9 cm³/mol. The van der Waals surface area contributed by atoms with Crippen LogP contribution in [0.2, 0.25) is 0 Å². The van der Waals surface area contributed by atoms with Crippen molar-refractivity contribution in [3.05, 3.63) is 29.8 Å². The minimum Gasteiger partial charge on any atom is -0.165 e. The molecule has 0 aliphatic rings. The quantitative estimate of drug-likeness (QED) is 0.398. The highest BCUT2D eigenvalue weighted by molar-refractivity contribution is 7.01. The second-order valence-electron chi connectivity index (χ2n) is 3.21. The average molecular weight is 211 g/mol. The Labute approximate surface area is 87.8 Å². The molecule has 0 N–H and O–H groups in total. The van der Waals surface area contributed by atoms with Gasteiger partial charge in [0.15, 0.2) is 0 Å². The summed E-state index contributed by atoms with van der Waals surface area (Å²) in [5, 5.41) is 1.32. The first-order chi connectivity index (χ1) is 6.38. The van der Waals surface area contributed by atoms with Crippen molar-refractivity contribution in [3.63, 3.8) is 0 Å². The molecule has 0 heterocycles. The van der Waals surface area contributed by atoms with E-state index in [1.807, 2.05) is 0 Å². The van der Waals surface area contributed by atoms with E-state index in [0.717, 1.165) is 0 Å². The van der Waals surface area contributed by atoms with Crippen LogP contribution in [0.25, 0.3) is 0 Å². The Bertz CT molecular complexity index is 248. The molecule has 0 amide bonds. The molecule has 0 bridgehead atoms. The van der Waals surface area contributed by atoms with Crippen LogP contribution in [0.1, 0.15) is 31.7 Å². The largest absolute Gasteiger partial charge is 0.210 e. The topological polar surface area (TPSA) is 0 Å². The summed E-state index contributed by atoms with van der Waals surface area (Å²) < 4.78 is 0. The van der Waals surface area contributed by atoms with Crippen molar-refractivity contribution in [1.29, 1.82) is 0 Å². The molecule has 0 aromatic heterocycles. The van der Waals surface area contributed by atoms with Crippen LogP contribution in [-0.4, -0.2) is 8.83 Å². The highest BCUT2D eigenvalue weighted by atomic mass is 35.6. The van der Waals surface area contributed by atoms with E-state index in [2.05, 4.69) is 31.2 Å². The number of benzene rings is 1. The molecule has 1 aromatic carbocycles. The summed E-state index contributed by atoms with van der Waals surface area (Å²) in [5.74, 6) is 0. The molecular formula is C11H15ClSi. The van der Waals surface area contributed by atoms with Gasteiger partial charge in [0.25, 0.3) is 0 Å². The van der Waals surface area contributed by atoms with Crippen molar-refractivity contribution in [2.45, 2.75) is 32.6 Å². The molecule has 1 aromatic rings. The third-order valence-corrected chi connectivity index (χ3v) is 3.47. The summed E-state index contributed by atoms with van der Waals surface area (Å²) in [6, 6.07) is 8.49. The van der Waals surface area contributed by atoms with Crippen molar-refractivity contribution in [2.75, 3.05) is 0 Å². The van der Waals surface area contributed by atoms with Gasteiger partial charge in [-0.2, -0.15) is 11.1 Å². The van der Waals surface area contributed by atoms with E-state index in [9.17, 15) is 0 Å². The summed E-state index contributed by atoms with van der Waals surface area (Å²) in [5.41, 5.74) is 1.43. The summed E-state index contributed by atoms with van der Waals surface area (Å²) >= 11 is 5.87. The minimum atomic E-state index is 0.413. The van der Waals surface area contributed by atoms with Gasteiger partial charge in [0.2, 0.25) is 8.83 Å². The van der Waals surface area contributed by atoms with Gasteiger partial charge >= 0.3 is 0 Å². The maximum atomic E-state index is 5.87. The molecule has 0 saturated carbocycles. The highest BCUT2D eigenvalue weighted by Gasteiger charge is 2.00. The first-order valence-corrected chi connectivity index (χ1v) is 6.84. The van der Waals surface area contributed by atoms with E-state index in [0.29, 0.717) is 8.83 Å². The van der Waals surface area contributed by atoms with Gasteiger partial charge in [-0.05, 0) is 23.6 Å². The van der Waals surface area contributed by atoms with Gasteiger partial charge in [0.1, 0.15) is 0 Å². The minimum absolute atomic E-state index is 0.413. The number of rotatable bonds is 5. The van der Waals surface area contributed by atoms with E-state index in [1.165, 1.54) is 36.4 Å². The van der Waals surface area contributed by atoms with Crippen LogP contribution >= 0.6 is 11.1 Å². The zero-order valence-corrected chi connectivity index (χ0v) is 9.77. The summed E-state index contributed by atoms with van der Waals surface area (Å²) in [7, 11) is 0.413. The van der Waals surface area contributed by atoms with Crippen molar-refractivity contribution in [2.24, 2.45) is 0 Å². The monoisotopic (exact) mass is 210 g/mol. The van der Waals surface area contributed by atoms with Crippen molar-refractivity contribution in [1.82, 2.24) is 0 Å². The fourth-order valence-electron chi connectivity index (χ4n) is 1.40. The van der Waals surface area contributed by atoms with E-state index in [4.69, 9.17) is 11.1 Å². The number of unbranched alkanes of at least 4 members (excludes halogenated alkanes) is 2. The Morgan fingerprint density at radius 1 is 1.23 bits per heavy atom. The number of hydrogen-bond donors (Lipinski definition) is 0. The second kappa shape index (κ2) is 6.22. The van der Waals surface area contributed by atoms with Gasteiger partial charge in [-0.1, -0.05) is 44.0 Å². The van der Waals surface area contributed by atoms with Crippen LogP contribution in [0.15, 0.2) is 24.3 Å². The lowest BCUT2D eigenvalue weighted by molar-refractivity contribution is 0.719. The Morgan fingerprint density at radius 2 is 2.00 bits per heavy atom. The van der Waals surface area contributed by atoms with Crippen LogP contribution in [0.5, 0.6) is 0 Å². The van der Waals surface area contributed by atoms with Crippen LogP contribution in [-0.2, 0) is 6.42 Å². The van der Waals surface area contributed by atoms with Gasteiger partial charge < -0.3 is 0 Å². The lowest BCUT2D eigenvalue weighted by Crippen LogP contribution is -2.14. The predicted octanol–water partition coefficient (Wildman–Crippen LogP) is 2.90. The Morgan fingerprint density at radius 3 is 2.69 bits per heavy atom.